The number of carbonyl (C=O) groups excluding carboxylic acids is 1. The van der Waals surface area contributed by atoms with Gasteiger partial charge in [-0.1, -0.05) is 6.42 Å². The molecule has 22 heavy (non-hydrogen) atoms. The molecule has 0 atom stereocenters. The summed E-state index contributed by atoms with van der Waals surface area (Å²) >= 11 is 0. The van der Waals surface area contributed by atoms with Gasteiger partial charge >= 0.3 is 5.97 Å². The van der Waals surface area contributed by atoms with Gasteiger partial charge in [0.1, 0.15) is 5.65 Å². The van der Waals surface area contributed by atoms with Gasteiger partial charge in [0.05, 0.1) is 12.3 Å². The lowest BCUT2D eigenvalue weighted by Crippen LogP contribution is -2.30. The second-order valence-electron chi connectivity index (χ2n) is 5.66. The number of anilines is 1. The number of pyridine rings is 1. The smallest absolute Gasteiger partial charge is 0.358 e. The third kappa shape index (κ3) is 2.92. The molecular formula is C16H22N4O2. The highest BCUT2D eigenvalue weighted by atomic mass is 16.5. The van der Waals surface area contributed by atoms with E-state index in [4.69, 9.17) is 10.5 Å². The van der Waals surface area contributed by atoms with E-state index in [1.165, 1.54) is 19.3 Å². The van der Waals surface area contributed by atoms with E-state index in [1.54, 1.807) is 13.0 Å². The molecule has 0 aromatic carbocycles. The number of nitrogen functional groups attached to an aromatic ring is 1. The standard InChI is InChI=1S/C16H22N4O2/c1-2-22-16(21)15-13(11-19-8-4-3-5-9-19)20-10-12(17)6-7-14(20)18-15/h6-7,10H,2-5,8-9,11,17H2,1H3. The van der Waals surface area contributed by atoms with Crippen molar-refractivity contribution in [3.63, 3.8) is 0 Å². The van der Waals surface area contributed by atoms with Crippen molar-refractivity contribution in [1.82, 2.24) is 14.3 Å². The van der Waals surface area contributed by atoms with Crippen LogP contribution in [0.4, 0.5) is 5.69 Å². The molecule has 2 N–H and O–H groups in total. The number of likely N-dealkylation sites (tertiary alicyclic amines) is 1. The lowest BCUT2D eigenvalue weighted by atomic mass is 10.1. The van der Waals surface area contributed by atoms with Crippen LogP contribution in [0.2, 0.25) is 0 Å². The topological polar surface area (TPSA) is 72.9 Å². The number of ether oxygens (including phenoxy) is 1. The second kappa shape index (κ2) is 6.36. The van der Waals surface area contributed by atoms with Crippen LogP contribution in [0.1, 0.15) is 42.4 Å². The van der Waals surface area contributed by atoms with Crippen LogP contribution in [0.5, 0.6) is 0 Å². The maximum absolute atomic E-state index is 12.2. The Morgan fingerprint density at radius 2 is 2.09 bits per heavy atom. The fourth-order valence-electron chi connectivity index (χ4n) is 2.95. The van der Waals surface area contributed by atoms with Crippen LogP contribution in [0.25, 0.3) is 5.65 Å². The summed E-state index contributed by atoms with van der Waals surface area (Å²) in [5.74, 6) is -0.364. The first-order valence-electron chi connectivity index (χ1n) is 7.85. The van der Waals surface area contributed by atoms with E-state index >= 15 is 0 Å². The van der Waals surface area contributed by atoms with Gasteiger partial charge < -0.3 is 10.5 Å². The Bertz CT molecular complexity index is 674. The highest BCUT2D eigenvalue weighted by molar-refractivity contribution is 5.89. The molecule has 6 nitrogen and oxygen atoms in total. The Morgan fingerprint density at radius 3 is 2.82 bits per heavy atom. The molecular weight excluding hydrogens is 280 g/mol. The summed E-state index contributed by atoms with van der Waals surface area (Å²) in [6, 6.07) is 3.62. The Balaban J connectivity index is 2.00. The molecule has 0 spiro atoms. The number of nitrogens with zero attached hydrogens (tertiary/aromatic N) is 3. The molecule has 1 aliphatic heterocycles. The van der Waals surface area contributed by atoms with Crippen molar-refractivity contribution in [3.8, 4) is 0 Å². The van der Waals surface area contributed by atoms with Crippen LogP contribution in [-0.2, 0) is 11.3 Å². The summed E-state index contributed by atoms with van der Waals surface area (Å²) in [6.07, 6.45) is 5.51. The summed E-state index contributed by atoms with van der Waals surface area (Å²) in [5, 5.41) is 0. The zero-order chi connectivity index (χ0) is 15.5. The first-order valence-corrected chi connectivity index (χ1v) is 7.85. The van der Waals surface area contributed by atoms with Crippen LogP contribution in [-0.4, -0.2) is 40.0 Å². The molecule has 2 aromatic heterocycles. The fraction of sp³-hybridized carbons (Fsp3) is 0.500. The first kappa shape index (κ1) is 14.8. The number of imidazole rings is 1. The van der Waals surface area contributed by atoms with Crippen molar-refractivity contribution in [3.05, 3.63) is 29.7 Å². The molecule has 3 rings (SSSR count). The third-order valence-corrected chi connectivity index (χ3v) is 4.03. The number of rotatable bonds is 4. The van der Waals surface area contributed by atoms with Crippen molar-refractivity contribution in [1.29, 1.82) is 0 Å². The monoisotopic (exact) mass is 302 g/mol. The van der Waals surface area contributed by atoms with E-state index in [0.717, 1.165) is 24.4 Å². The highest BCUT2D eigenvalue weighted by Gasteiger charge is 2.22. The van der Waals surface area contributed by atoms with Gasteiger partial charge in [-0.15, -0.1) is 0 Å². The number of esters is 1. The number of fused-ring (bicyclic) bond motifs is 1. The minimum absolute atomic E-state index is 0.345. The van der Waals surface area contributed by atoms with E-state index in [1.807, 2.05) is 16.7 Å². The molecule has 0 bridgehead atoms. The third-order valence-electron chi connectivity index (χ3n) is 4.03. The van der Waals surface area contributed by atoms with Gasteiger partial charge in [-0.3, -0.25) is 9.30 Å². The number of piperidine rings is 1. The largest absolute Gasteiger partial charge is 0.461 e. The highest BCUT2D eigenvalue weighted by Crippen LogP contribution is 2.20. The summed E-state index contributed by atoms with van der Waals surface area (Å²) in [4.78, 5) is 19.0. The van der Waals surface area contributed by atoms with E-state index in [0.29, 0.717) is 24.5 Å². The van der Waals surface area contributed by atoms with Crippen LogP contribution in [0, 0.1) is 0 Å². The molecule has 1 aliphatic rings. The molecule has 0 saturated carbocycles. The number of hydrogen-bond acceptors (Lipinski definition) is 5. The summed E-state index contributed by atoms with van der Waals surface area (Å²) in [6.45, 7) is 4.95. The molecule has 1 saturated heterocycles. The van der Waals surface area contributed by atoms with Crippen molar-refractivity contribution in [2.45, 2.75) is 32.7 Å². The molecule has 0 radical (unpaired) electrons. The van der Waals surface area contributed by atoms with Crippen LogP contribution in [0.3, 0.4) is 0 Å². The minimum Gasteiger partial charge on any atom is -0.461 e. The molecule has 6 heteroatoms. The van der Waals surface area contributed by atoms with Crippen LogP contribution < -0.4 is 5.73 Å². The van der Waals surface area contributed by atoms with Crippen LogP contribution in [0.15, 0.2) is 18.3 Å². The first-order chi connectivity index (χ1) is 10.7. The minimum atomic E-state index is -0.364. The van der Waals surface area contributed by atoms with E-state index in [2.05, 4.69) is 9.88 Å². The molecule has 118 valence electrons. The molecule has 0 unspecified atom stereocenters. The summed E-state index contributed by atoms with van der Waals surface area (Å²) < 4.78 is 7.07. The van der Waals surface area contributed by atoms with Gasteiger partial charge in [0.2, 0.25) is 0 Å². The Kier molecular flexibility index (Phi) is 4.29. The molecule has 1 fully saturated rings. The molecule has 2 aromatic rings. The van der Waals surface area contributed by atoms with E-state index < -0.39 is 0 Å². The molecule has 0 aliphatic carbocycles. The van der Waals surface area contributed by atoms with Gasteiger partial charge in [0.25, 0.3) is 0 Å². The molecule has 3 heterocycles. The number of carbonyl (C=O) groups is 1. The predicted molar refractivity (Wildman–Crippen MR) is 84.7 cm³/mol. The average molecular weight is 302 g/mol. The zero-order valence-electron chi connectivity index (χ0n) is 12.9. The normalized spacial score (nSPS) is 16.0. The van der Waals surface area contributed by atoms with Crippen molar-refractivity contribution >= 4 is 17.3 Å². The maximum Gasteiger partial charge on any atom is 0.358 e. The Labute approximate surface area is 129 Å². The lowest BCUT2D eigenvalue weighted by molar-refractivity contribution is 0.0517. The number of hydrogen-bond donors (Lipinski definition) is 1. The average Bonchev–Trinajstić information content (AvgIpc) is 2.87. The number of nitrogens with two attached hydrogens (primary N) is 1. The predicted octanol–water partition coefficient (Wildman–Crippen LogP) is 2.08. The fourth-order valence-corrected chi connectivity index (χ4v) is 2.95. The van der Waals surface area contributed by atoms with Crippen molar-refractivity contribution in [2.24, 2.45) is 0 Å². The summed E-state index contributed by atoms with van der Waals surface area (Å²) in [5.41, 5.74) is 8.54. The molecule has 0 amide bonds. The SMILES string of the molecule is CCOC(=O)c1nc2ccc(N)cn2c1CN1CCCCC1. The van der Waals surface area contributed by atoms with Gasteiger partial charge in [-0.25, -0.2) is 9.78 Å². The maximum atomic E-state index is 12.2. The zero-order valence-corrected chi connectivity index (χ0v) is 12.9. The van der Waals surface area contributed by atoms with Gasteiger partial charge in [-0.2, -0.15) is 0 Å². The number of aromatic nitrogens is 2. The van der Waals surface area contributed by atoms with Gasteiger partial charge in [0, 0.05) is 18.4 Å². The van der Waals surface area contributed by atoms with Crippen LogP contribution >= 0.6 is 0 Å². The quantitative estimate of drug-likeness (QED) is 0.875. The Hall–Kier alpha value is -2.08. The van der Waals surface area contributed by atoms with E-state index in [-0.39, 0.29) is 5.97 Å². The lowest BCUT2D eigenvalue weighted by Gasteiger charge is -2.26. The van der Waals surface area contributed by atoms with Gasteiger partial charge in [0.15, 0.2) is 5.69 Å². The van der Waals surface area contributed by atoms with Crippen molar-refractivity contribution in [2.75, 3.05) is 25.4 Å². The second-order valence-corrected chi connectivity index (χ2v) is 5.66. The summed E-state index contributed by atoms with van der Waals surface area (Å²) in [7, 11) is 0. The van der Waals surface area contributed by atoms with Gasteiger partial charge in [-0.05, 0) is 45.0 Å². The van der Waals surface area contributed by atoms with Crippen molar-refractivity contribution < 1.29 is 9.53 Å². The van der Waals surface area contributed by atoms with E-state index in [9.17, 15) is 4.79 Å². The Morgan fingerprint density at radius 1 is 1.32 bits per heavy atom.